The number of hydrogen-bond acceptors (Lipinski definition) is 2. The van der Waals surface area contributed by atoms with E-state index in [4.69, 9.17) is 29.8 Å². The zero-order chi connectivity index (χ0) is 8.00. The zero-order valence-electron chi connectivity index (χ0n) is 3.88. The van der Waals surface area contributed by atoms with Crippen LogP contribution in [0.2, 0.25) is 0 Å². The predicted octanol–water partition coefficient (Wildman–Crippen LogP) is -0.285. The summed E-state index contributed by atoms with van der Waals surface area (Å²) in [6.07, 6.45) is 0. The summed E-state index contributed by atoms with van der Waals surface area (Å²) >= 11 is 0. The summed E-state index contributed by atoms with van der Waals surface area (Å²) in [6.45, 7) is 9.00. The summed E-state index contributed by atoms with van der Waals surface area (Å²) in [6, 6.07) is 0. The second-order valence-electron chi connectivity index (χ2n) is 0. The first-order valence-corrected chi connectivity index (χ1v) is 0.773. The van der Waals surface area contributed by atoms with Gasteiger partial charge in [0, 0.05) is 0 Å². The van der Waals surface area contributed by atoms with Crippen molar-refractivity contribution >= 4 is 0 Å². The van der Waals surface area contributed by atoms with Crippen molar-refractivity contribution in [3.05, 3.63) is 13.3 Å². The third kappa shape index (κ3) is 480. The molecule has 46 valence electrons. The van der Waals surface area contributed by atoms with Crippen LogP contribution in [0.25, 0.3) is 0 Å². The minimum Gasteiger partial charge on any atom is 2.00 e. The molecule has 6 nitrogen and oxygen atoms in total. The molecule has 0 aromatic rings. The second-order valence-corrected chi connectivity index (χ2v) is 0. The van der Waals surface area contributed by atoms with Gasteiger partial charge in [0.15, 0.2) is 0 Å². The van der Waals surface area contributed by atoms with Gasteiger partial charge >= 0.3 is 60.1 Å². The zero-order valence-corrected chi connectivity index (χ0v) is 4.99. The Morgan fingerprint density at radius 2 is 0.667 bits per heavy atom. The molecular formula is C2FeN2O4+4. The maximum Gasteiger partial charge on any atom is 2.00 e. The molecule has 0 spiro atoms. The van der Waals surface area contributed by atoms with Crippen LogP contribution >= 0.6 is 0 Å². The van der Waals surface area contributed by atoms with Crippen LogP contribution in [0.5, 0.6) is 0 Å². The van der Waals surface area contributed by atoms with E-state index in [0.717, 1.165) is 0 Å². The van der Waals surface area contributed by atoms with E-state index in [9.17, 15) is 0 Å². The van der Waals surface area contributed by atoms with Crippen molar-refractivity contribution in [3.8, 4) is 0 Å². The predicted molar refractivity (Wildman–Crippen MR) is 12.7 cm³/mol. The van der Waals surface area contributed by atoms with Gasteiger partial charge < -0.3 is 0 Å². The van der Waals surface area contributed by atoms with E-state index in [1.165, 1.54) is 0 Å². The van der Waals surface area contributed by atoms with Gasteiger partial charge in [-0.2, -0.15) is 0 Å². The maximum atomic E-state index is 7.50. The van der Waals surface area contributed by atoms with Gasteiger partial charge in [0.1, 0.15) is 0 Å². The van der Waals surface area contributed by atoms with Crippen molar-refractivity contribution in [2.45, 2.75) is 0 Å². The van der Waals surface area contributed by atoms with Gasteiger partial charge in [-0.25, -0.2) is 0 Å². The number of nitrogens with zero attached hydrogens (tertiary/aromatic N) is 2. The quantitative estimate of drug-likeness (QED) is 0.282. The van der Waals surface area contributed by atoms with Crippen LogP contribution < -0.4 is 0 Å². The molecule has 0 saturated carbocycles. The van der Waals surface area contributed by atoms with Crippen molar-refractivity contribution in [2.24, 2.45) is 0 Å². The molecule has 0 aliphatic rings. The monoisotopic (exact) mass is 172 g/mol. The van der Waals surface area contributed by atoms with Crippen LogP contribution in [0.4, 0.5) is 0 Å². The third-order valence-electron chi connectivity index (χ3n) is 0. The van der Waals surface area contributed by atoms with Crippen LogP contribution in [0.15, 0.2) is 0 Å². The first-order valence-electron chi connectivity index (χ1n) is 0.773. The Balaban J connectivity index is -0.00000000762. The van der Waals surface area contributed by atoms with Gasteiger partial charge in [-0.1, -0.05) is 0 Å². The minimum atomic E-state index is 0. The Bertz CT molecular complexity index is 59.5. The first-order chi connectivity index (χ1) is 4.00. The largest absolute Gasteiger partial charge is 2.00 e. The summed E-state index contributed by atoms with van der Waals surface area (Å²) in [5.74, 6) is 0. The molecule has 0 fully saturated rings. The Kier molecular flexibility index (Phi) is 3030. The summed E-state index contributed by atoms with van der Waals surface area (Å²) in [5, 5.41) is 0. The molecule has 0 radical (unpaired) electrons. The fraction of sp³-hybridized carbons (Fsp3) is 0. The van der Waals surface area contributed by atoms with Crippen LogP contribution in [0.3, 0.4) is 0 Å². The van der Waals surface area contributed by atoms with Crippen LogP contribution in [-0.2, 0) is 35.9 Å². The van der Waals surface area contributed by atoms with Crippen molar-refractivity contribution in [2.75, 3.05) is 0 Å². The topological polar surface area (TPSA) is 127 Å². The Hall–Kier alpha value is -0.661. The summed E-state index contributed by atoms with van der Waals surface area (Å²) in [4.78, 5) is 0. The normalized spacial score (nSPS) is 0.889. The van der Waals surface area contributed by atoms with E-state index in [-0.39, 0.29) is 17.1 Å². The maximum absolute atomic E-state index is 7.50. The first kappa shape index (κ1) is 40.3. The molecule has 9 heavy (non-hydrogen) atoms. The Morgan fingerprint density at radius 1 is 0.667 bits per heavy atom. The minimum absolute atomic E-state index is 0. The molecule has 7 heteroatoms. The SMILES string of the molecule is N#[O+].N#[O+].[C-]#[O+].[C-]#[O+].[Fe+2]. The molecule has 0 aliphatic carbocycles. The van der Waals surface area contributed by atoms with E-state index in [1.54, 1.807) is 0 Å². The summed E-state index contributed by atoms with van der Waals surface area (Å²) in [7, 11) is 0. The molecule has 0 aromatic carbocycles. The number of hydrogen-bond donors (Lipinski definition) is 0. The van der Waals surface area contributed by atoms with Crippen LogP contribution in [0, 0.1) is 24.2 Å². The Labute approximate surface area is 60.9 Å². The fourth-order valence-electron chi connectivity index (χ4n) is 0. The Morgan fingerprint density at radius 3 is 0.667 bits per heavy atom. The van der Waals surface area contributed by atoms with Crippen LogP contribution in [0.1, 0.15) is 0 Å². The van der Waals surface area contributed by atoms with Crippen molar-refractivity contribution in [1.29, 1.82) is 10.9 Å². The summed E-state index contributed by atoms with van der Waals surface area (Å²) < 4.78 is 29.5. The molecule has 0 aromatic heterocycles. The van der Waals surface area contributed by atoms with E-state index in [0.29, 0.717) is 0 Å². The van der Waals surface area contributed by atoms with E-state index in [2.05, 4.69) is 13.3 Å². The van der Waals surface area contributed by atoms with Gasteiger partial charge in [0.25, 0.3) is 0 Å². The smallest absolute Gasteiger partial charge is 2.00 e. The second kappa shape index (κ2) is 676. The van der Waals surface area contributed by atoms with E-state index in [1.807, 2.05) is 0 Å². The number of rotatable bonds is 0. The molecule has 0 amide bonds. The van der Waals surface area contributed by atoms with Gasteiger partial charge in [-0.3, -0.25) is 0 Å². The van der Waals surface area contributed by atoms with Crippen LogP contribution in [-0.4, -0.2) is 0 Å². The van der Waals surface area contributed by atoms with Gasteiger partial charge in [0.05, 0.1) is 0 Å². The molecular weight excluding hydrogens is 172 g/mol. The van der Waals surface area contributed by atoms with Gasteiger partial charge in [0.2, 0.25) is 0 Å². The molecule has 0 rings (SSSR count). The van der Waals surface area contributed by atoms with E-state index < -0.39 is 0 Å². The average Bonchev–Trinajstić information content (AvgIpc) is 2.03. The molecule has 0 N–H and O–H groups in total. The van der Waals surface area contributed by atoms with Crippen molar-refractivity contribution in [1.82, 2.24) is 0 Å². The van der Waals surface area contributed by atoms with Crippen molar-refractivity contribution in [3.63, 3.8) is 0 Å². The van der Waals surface area contributed by atoms with Crippen molar-refractivity contribution < 1.29 is 35.9 Å². The molecule has 0 saturated heterocycles. The fourth-order valence-corrected chi connectivity index (χ4v) is 0. The van der Waals surface area contributed by atoms with E-state index >= 15 is 0 Å². The standard InChI is InChI=1S/2CO.Fe.2NO/c2*1-2;;2*1-2/q;;+2;2*+1. The molecule has 0 aliphatic heterocycles. The third-order valence-corrected chi connectivity index (χ3v) is 0. The van der Waals surface area contributed by atoms with Gasteiger partial charge in [-0.15, -0.1) is 0 Å². The molecule has 0 bridgehead atoms. The molecule has 0 heterocycles. The molecule has 0 unspecified atom stereocenters. The van der Waals surface area contributed by atoms with Gasteiger partial charge in [-0.05, 0) is 0 Å². The summed E-state index contributed by atoms with van der Waals surface area (Å²) in [5.41, 5.74) is 11.5. The average molecular weight is 172 g/mol. The molecule has 0 atom stereocenters.